The highest BCUT2D eigenvalue weighted by Crippen LogP contribution is 2.28. The monoisotopic (exact) mass is 334 g/mol. The van der Waals surface area contributed by atoms with Crippen LogP contribution >= 0.6 is 0 Å². The first-order valence-corrected chi connectivity index (χ1v) is 8.74. The van der Waals surface area contributed by atoms with Gasteiger partial charge in [-0.25, -0.2) is 4.98 Å². The summed E-state index contributed by atoms with van der Waals surface area (Å²) in [5, 5.41) is 5.15. The van der Waals surface area contributed by atoms with Crippen LogP contribution in [0.1, 0.15) is 35.7 Å². The van der Waals surface area contributed by atoms with Gasteiger partial charge >= 0.3 is 0 Å². The molecule has 0 bridgehead atoms. The van der Waals surface area contributed by atoms with Crippen LogP contribution in [-0.4, -0.2) is 38.2 Å². The molecule has 5 nitrogen and oxygen atoms in total. The minimum absolute atomic E-state index is 0.103. The van der Waals surface area contributed by atoms with E-state index in [0.29, 0.717) is 6.04 Å². The van der Waals surface area contributed by atoms with Gasteiger partial charge in [0.15, 0.2) is 0 Å². The van der Waals surface area contributed by atoms with Gasteiger partial charge in [0.25, 0.3) is 5.91 Å². The van der Waals surface area contributed by atoms with E-state index in [1.54, 1.807) is 10.9 Å². The molecule has 1 fully saturated rings. The van der Waals surface area contributed by atoms with Gasteiger partial charge < -0.3 is 4.90 Å². The summed E-state index contributed by atoms with van der Waals surface area (Å²) in [6, 6.07) is 8.31. The van der Waals surface area contributed by atoms with E-state index >= 15 is 0 Å². The Kier molecular flexibility index (Phi) is 3.79. The van der Waals surface area contributed by atoms with Crippen molar-refractivity contribution in [2.24, 2.45) is 7.05 Å². The summed E-state index contributed by atoms with van der Waals surface area (Å²) < 4.78 is 1.75. The van der Waals surface area contributed by atoms with Gasteiger partial charge in [0.2, 0.25) is 0 Å². The molecule has 1 saturated heterocycles. The lowest BCUT2D eigenvalue weighted by Crippen LogP contribution is -2.33. The first-order chi connectivity index (χ1) is 12.0. The third-order valence-electron chi connectivity index (χ3n) is 5.01. The van der Waals surface area contributed by atoms with Gasteiger partial charge in [-0.3, -0.25) is 9.48 Å². The number of pyridine rings is 1. The van der Waals surface area contributed by atoms with Gasteiger partial charge in [-0.15, -0.1) is 0 Å². The van der Waals surface area contributed by atoms with Gasteiger partial charge in [0.05, 0.1) is 23.0 Å². The van der Waals surface area contributed by atoms with Crippen molar-refractivity contribution in [1.29, 1.82) is 0 Å². The third-order valence-corrected chi connectivity index (χ3v) is 5.01. The van der Waals surface area contributed by atoms with E-state index in [1.165, 1.54) is 0 Å². The number of hydrogen-bond acceptors (Lipinski definition) is 3. The maximum Gasteiger partial charge on any atom is 0.254 e. The fourth-order valence-corrected chi connectivity index (χ4v) is 3.61. The summed E-state index contributed by atoms with van der Waals surface area (Å²) in [4.78, 5) is 20.0. The van der Waals surface area contributed by atoms with Crippen molar-refractivity contribution in [3.63, 3.8) is 0 Å². The maximum absolute atomic E-state index is 13.2. The lowest BCUT2D eigenvalue weighted by Gasteiger charge is -2.22. The molecule has 1 amide bonds. The molecule has 3 aromatic rings. The zero-order chi connectivity index (χ0) is 17.6. The van der Waals surface area contributed by atoms with Crippen molar-refractivity contribution >= 4 is 16.8 Å². The Bertz CT molecular complexity index is 959. The summed E-state index contributed by atoms with van der Waals surface area (Å²) in [6.45, 7) is 5.00. The number of likely N-dealkylation sites (tertiary alicyclic amines) is 1. The minimum Gasteiger partial charge on any atom is -0.336 e. The Morgan fingerprint density at radius 1 is 1.28 bits per heavy atom. The summed E-state index contributed by atoms with van der Waals surface area (Å²) in [7, 11) is 1.88. The number of hydrogen-bond donors (Lipinski definition) is 0. The van der Waals surface area contributed by atoms with Crippen LogP contribution in [0.25, 0.3) is 22.2 Å². The molecule has 128 valence electrons. The summed E-state index contributed by atoms with van der Waals surface area (Å²) in [6.07, 6.45) is 5.86. The molecule has 1 atom stereocenters. The highest BCUT2D eigenvalue weighted by atomic mass is 16.2. The molecule has 1 aliphatic heterocycles. The Hall–Kier alpha value is -2.69. The summed E-state index contributed by atoms with van der Waals surface area (Å²) >= 11 is 0. The van der Waals surface area contributed by atoms with Crippen LogP contribution in [0.2, 0.25) is 0 Å². The van der Waals surface area contributed by atoms with Crippen LogP contribution in [0.5, 0.6) is 0 Å². The molecule has 0 aliphatic carbocycles. The topological polar surface area (TPSA) is 51.0 Å². The van der Waals surface area contributed by atoms with Crippen LogP contribution in [0.3, 0.4) is 0 Å². The van der Waals surface area contributed by atoms with Crippen LogP contribution in [0.4, 0.5) is 0 Å². The SMILES string of the molecule is Cc1ccc2c(C(=O)N3CCC[C@@H]3C)cc(-c3cnn(C)c3)nc2c1. The largest absolute Gasteiger partial charge is 0.336 e. The first kappa shape index (κ1) is 15.8. The molecule has 5 heteroatoms. The molecule has 0 unspecified atom stereocenters. The van der Waals surface area contributed by atoms with Gasteiger partial charge in [-0.05, 0) is 44.4 Å². The highest BCUT2D eigenvalue weighted by Gasteiger charge is 2.27. The van der Waals surface area contributed by atoms with E-state index < -0.39 is 0 Å². The Balaban J connectivity index is 1.90. The summed E-state index contributed by atoms with van der Waals surface area (Å²) in [5.41, 5.74) is 4.45. The zero-order valence-electron chi connectivity index (χ0n) is 14.9. The number of rotatable bonds is 2. The normalized spacial score (nSPS) is 17.4. The van der Waals surface area contributed by atoms with Crippen LogP contribution in [-0.2, 0) is 7.05 Å². The minimum atomic E-state index is 0.103. The second-order valence-corrected chi connectivity index (χ2v) is 6.97. The highest BCUT2D eigenvalue weighted by molar-refractivity contribution is 6.07. The van der Waals surface area contributed by atoms with Gasteiger partial charge in [0.1, 0.15) is 0 Å². The van der Waals surface area contributed by atoms with Crippen molar-refractivity contribution in [2.45, 2.75) is 32.7 Å². The standard InChI is InChI=1S/C20H22N4O/c1-13-6-7-16-17(20(25)24-8-4-5-14(24)2)10-18(22-19(16)9-13)15-11-21-23(3)12-15/h6-7,9-12,14H,4-5,8H2,1-3H3/t14-/m0/s1. The molecule has 0 radical (unpaired) electrons. The average Bonchev–Trinajstić information content (AvgIpc) is 3.21. The Morgan fingerprint density at radius 2 is 2.12 bits per heavy atom. The predicted molar refractivity (Wildman–Crippen MR) is 98.4 cm³/mol. The molecule has 25 heavy (non-hydrogen) atoms. The van der Waals surface area contributed by atoms with Crippen LogP contribution in [0, 0.1) is 6.92 Å². The number of amides is 1. The second-order valence-electron chi connectivity index (χ2n) is 6.97. The number of carbonyl (C=O) groups excluding carboxylic acids is 1. The molecule has 0 spiro atoms. The van der Waals surface area contributed by atoms with Crippen LogP contribution < -0.4 is 0 Å². The van der Waals surface area contributed by atoms with E-state index in [-0.39, 0.29) is 5.91 Å². The lowest BCUT2D eigenvalue weighted by atomic mass is 10.0. The number of nitrogens with zero attached hydrogens (tertiary/aromatic N) is 4. The Labute approximate surface area is 147 Å². The maximum atomic E-state index is 13.2. The molecule has 3 heterocycles. The second kappa shape index (κ2) is 5.99. The molecule has 1 aliphatic rings. The molecule has 0 saturated carbocycles. The number of aryl methyl sites for hydroxylation is 2. The van der Waals surface area contributed by atoms with E-state index in [0.717, 1.165) is 52.7 Å². The fourth-order valence-electron chi connectivity index (χ4n) is 3.61. The number of benzene rings is 1. The average molecular weight is 334 g/mol. The molecule has 4 rings (SSSR count). The lowest BCUT2D eigenvalue weighted by molar-refractivity contribution is 0.0749. The smallest absolute Gasteiger partial charge is 0.254 e. The third kappa shape index (κ3) is 2.80. The van der Waals surface area contributed by atoms with Crippen molar-refractivity contribution < 1.29 is 4.79 Å². The van der Waals surface area contributed by atoms with Crippen molar-refractivity contribution in [1.82, 2.24) is 19.7 Å². The molecular weight excluding hydrogens is 312 g/mol. The number of aromatic nitrogens is 3. The number of fused-ring (bicyclic) bond motifs is 1. The quantitative estimate of drug-likeness (QED) is 0.720. The fraction of sp³-hybridized carbons (Fsp3) is 0.350. The van der Waals surface area contributed by atoms with E-state index in [4.69, 9.17) is 4.98 Å². The zero-order valence-corrected chi connectivity index (χ0v) is 14.9. The molecule has 1 aromatic carbocycles. The van der Waals surface area contributed by atoms with Crippen molar-refractivity contribution in [3.8, 4) is 11.3 Å². The number of carbonyl (C=O) groups is 1. The molecular formula is C20H22N4O. The van der Waals surface area contributed by atoms with Crippen molar-refractivity contribution in [3.05, 3.63) is 47.8 Å². The van der Waals surface area contributed by atoms with Gasteiger partial charge in [-0.2, -0.15) is 5.10 Å². The van der Waals surface area contributed by atoms with E-state index in [1.807, 2.05) is 49.3 Å². The first-order valence-electron chi connectivity index (χ1n) is 8.74. The van der Waals surface area contributed by atoms with E-state index in [9.17, 15) is 4.79 Å². The van der Waals surface area contributed by atoms with Gasteiger partial charge in [0, 0.05) is 36.8 Å². The van der Waals surface area contributed by atoms with Gasteiger partial charge in [-0.1, -0.05) is 12.1 Å². The molecule has 0 N–H and O–H groups in total. The van der Waals surface area contributed by atoms with E-state index in [2.05, 4.69) is 12.0 Å². The Morgan fingerprint density at radius 3 is 2.80 bits per heavy atom. The predicted octanol–water partition coefficient (Wildman–Crippen LogP) is 3.57. The molecule has 2 aromatic heterocycles. The summed E-state index contributed by atoms with van der Waals surface area (Å²) in [5.74, 6) is 0.103. The van der Waals surface area contributed by atoms with Crippen LogP contribution in [0.15, 0.2) is 36.7 Å². The van der Waals surface area contributed by atoms with Crippen molar-refractivity contribution in [2.75, 3.05) is 6.54 Å².